The lowest BCUT2D eigenvalue weighted by Crippen LogP contribution is -2.43. The topological polar surface area (TPSA) is 73.1 Å². The van der Waals surface area contributed by atoms with Crippen LogP contribution in [0.25, 0.3) is 10.2 Å². The number of hydrogen-bond donors (Lipinski definition) is 1. The fraction of sp³-hybridized carbons (Fsp3) is 0.409. The van der Waals surface area contributed by atoms with E-state index >= 15 is 0 Å². The van der Waals surface area contributed by atoms with Gasteiger partial charge in [0.25, 0.3) is 5.56 Å². The summed E-state index contributed by atoms with van der Waals surface area (Å²) in [5.41, 5.74) is 1.22. The third-order valence-electron chi connectivity index (χ3n) is 5.32. The molecule has 0 spiro atoms. The van der Waals surface area contributed by atoms with Crippen LogP contribution in [0.3, 0.4) is 0 Å². The quantitative estimate of drug-likeness (QED) is 0.647. The lowest BCUT2D eigenvalue weighted by Gasteiger charge is -2.15. The number of amides is 1. The zero-order valence-electron chi connectivity index (χ0n) is 17.3. The average molecular weight is 414 g/mol. The van der Waals surface area contributed by atoms with Crippen LogP contribution in [0.2, 0.25) is 0 Å². The van der Waals surface area contributed by atoms with E-state index in [1.165, 1.54) is 20.5 Å². The number of thiophene rings is 1. The molecule has 2 heterocycles. The van der Waals surface area contributed by atoms with Crippen LogP contribution in [0.5, 0.6) is 0 Å². The normalized spacial score (nSPS) is 12.3. The Morgan fingerprint density at radius 2 is 1.83 bits per heavy atom. The first kappa shape index (κ1) is 21.0. The van der Waals surface area contributed by atoms with Crippen molar-refractivity contribution in [3.63, 3.8) is 0 Å². The second-order valence-corrected chi connectivity index (χ2v) is 8.60. The smallest absolute Gasteiger partial charge is 0.332 e. The molecule has 0 saturated heterocycles. The van der Waals surface area contributed by atoms with E-state index in [0.717, 1.165) is 22.4 Å². The Hall–Kier alpha value is -2.67. The number of carbonyl (C=O) groups excluding carboxylic acids is 1. The van der Waals surface area contributed by atoms with E-state index in [-0.39, 0.29) is 30.6 Å². The number of fused-ring (bicyclic) bond motifs is 1. The number of hydrogen-bond acceptors (Lipinski definition) is 4. The molecular formula is C22H27N3O3S. The molecule has 1 N–H and O–H groups in total. The first-order valence-corrected chi connectivity index (χ1v) is 10.7. The summed E-state index contributed by atoms with van der Waals surface area (Å²) in [4.78, 5) is 40.4. The summed E-state index contributed by atoms with van der Waals surface area (Å²) in [5.74, 6) is -0.222. The van der Waals surface area contributed by atoms with E-state index in [2.05, 4.69) is 5.32 Å². The molecule has 7 heteroatoms. The van der Waals surface area contributed by atoms with Crippen LogP contribution >= 0.6 is 11.3 Å². The van der Waals surface area contributed by atoms with Crippen molar-refractivity contribution in [3.05, 3.63) is 67.2 Å². The zero-order valence-corrected chi connectivity index (χ0v) is 18.1. The third kappa shape index (κ3) is 4.34. The van der Waals surface area contributed by atoms with E-state index in [0.29, 0.717) is 16.6 Å². The molecule has 29 heavy (non-hydrogen) atoms. The number of nitrogens with zero attached hydrogens (tertiary/aromatic N) is 2. The van der Waals surface area contributed by atoms with Crippen LogP contribution in [-0.4, -0.2) is 21.1 Å². The van der Waals surface area contributed by atoms with E-state index < -0.39 is 5.69 Å². The highest BCUT2D eigenvalue weighted by Gasteiger charge is 2.20. The average Bonchev–Trinajstić information content (AvgIpc) is 3.00. The van der Waals surface area contributed by atoms with Crippen LogP contribution < -0.4 is 16.6 Å². The van der Waals surface area contributed by atoms with Crippen LogP contribution in [0.15, 0.2) is 39.9 Å². The highest BCUT2D eigenvalue weighted by Crippen LogP contribution is 2.26. The van der Waals surface area contributed by atoms with Gasteiger partial charge in [0.15, 0.2) is 0 Å². The predicted octanol–water partition coefficient (Wildman–Crippen LogP) is 3.00. The fourth-order valence-electron chi connectivity index (χ4n) is 3.29. The molecule has 0 aliphatic heterocycles. The largest absolute Gasteiger partial charge is 0.352 e. The maximum absolute atomic E-state index is 13.2. The SMILES string of the molecule is CC[C@H](C)NC(=O)Cn1c(=O)n(CCc2ccccc2)c(=O)c2c(C)c(C)sc21. The number of rotatable bonds is 7. The van der Waals surface area contributed by atoms with Gasteiger partial charge in [-0.05, 0) is 44.7 Å². The van der Waals surface area contributed by atoms with Crippen LogP contribution in [0.1, 0.15) is 36.3 Å². The number of aromatic nitrogens is 2. The number of carbonyl (C=O) groups is 1. The molecule has 1 aromatic carbocycles. The second-order valence-electron chi connectivity index (χ2n) is 7.40. The Labute approximate surface area is 173 Å². The monoisotopic (exact) mass is 413 g/mol. The van der Waals surface area contributed by atoms with E-state index in [1.54, 1.807) is 0 Å². The molecule has 3 aromatic rings. The van der Waals surface area contributed by atoms with Crippen molar-refractivity contribution in [2.45, 2.75) is 59.7 Å². The van der Waals surface area contributed by atoms with E-state index in [4.69, 9.17) is 0 Å². The molecular weight excluding hydrogens is 386 g/mol. The standard InChI is InChI=1S/C22H27N3O3S/c1-5-14(2)23-18(26)13-25-21-19(15(3)16(4)29-21)20(27)24(22(25)28)12-11-17-9-7-6-8-10-17/h6-10,14H,5,11-13H2,1-4H3,(H,23,26)/t14-/m0/s1. The molecule has 1 atom stereocenters. The fourth-order valence-corrected chi connectivity index (χ4v) is 4.43. The van der Waals surface area contributed by atoms with Gasteiger partial charge < -0.3 is 5.32 Å². The van der Waals surface area contributed by atoms with Crippen LogP contribution in [0, 0.1) is 13.8 Å². The van der Waals surface area contributed by atoms with Gasteiger partial charge in [0.1, 0.15) is 11.4 Å². The van der Waals surface area contributed by atoms with Gasteiger partial charge in [-0.15, -0.1) is 11.3 Å². The number of benzene rings is 1. The van der Waals surface area contributed by atoms with Crippen molar-refractivity contribution in [2.24, 2.45) is 0 Å². The summed E-state index contributed by atoms with van der Waals surface area (Å²) in [7, 11) is 0. The summed E-state index contributed by atoms with van der Waals surface area (Å²) in [6.45, 7) is 7.93. The maximum atomic E-state index is 13.2. The molecule has 6 nitrogen and oxygen atoms in total. The molecule has 0 aliphatic carbocycles. The van der Waals surface area contributed by atoms with Crippen molar-refractivity contribution in [3.8, 4) is 0 Å². The third-order valence-corrected chi connectivity index (χ3v) is 6.55. The van der Waals surface area contributed by atoms with Gasteiger partial charge in [-0.3, -0.25) is 18.7 Å². The van der Waals surface area contributed by atoms with Crippen molar-refractivity contribution < 1.29 is 4.79 Å². The molecule has 1 amide bonds. The lowest BCUT2D eigenvalue weighted by molar-refractivity contribution is -0.122. The second kappa shape index (κ2) is 8.78. The first-order valence-electron chi connectivity index (χ1n) is 9.90. The summed E-state index contributed by atoms with van der Waals surface area (Å²) in [5, 5.41) is 3.44. The molecule has 0 bridgehead atoms. The van der Waals surface area contributed by atoms with Crippen molar-refractivity contribution in [1.82, 2.24) is 14.5 Å². The molecule has 0 unspecified atom stereocenters. The Morgan fingerprint density at radius 3 is 2.48 bits per heavy atom. The minimum atomic E-state index is -0.431. The highest BCUT2D eigenvalue weighted by molar-refractivity contribution is 7.18. The Bertz CT molecular complexity index is 1140. The minimum Gasteiger partial charge on any atom is -0.352 e. The summed E-state index contributed by atoms with van der Waals surface area (Å²) in [6, 6.07) is 9.78. The molecule has 2 aromatic heterocycles. The van der Waals surface area contributed by atoms with Crippen molar-refractivity contribution in [2.75, 3.05) is 0 Å². The number of aryl methyl sites for hydroxylation is 3. The van der Waals surface area contributed by atoms with Gasteiger partial charge in [-0.25, -0.2) is 4.79 Å². The number of nitrogens with one attached hydrogen (secondary N) is 1. The Kier molecular flexibility index (Phi) is 6.37. The summed E-state index contributed by atoms with van der Waals surface area (Å²) in [6.07, 6.45) is 1.38. The predicted molar refractivity (Wildman–Crippen MR) is 118 cm³/mol. The van der Waals surface area contributed by atoms with Gasteiger partial charge in [0, 0.05) is 17.5 Å². The van der Waals surface area contributed by atoms with Crippen molar-refractivity contribution >= 4 is 27.5 Å². The van der Waals surface area contributed by atoms with Gasteiger partial charge in [-0.2, -0.15) is 0 Å². The highest BCUT2D eigenvalue weighted by atomic mass is 32.1. The lowest BCUT2D eigenvalue weighted by atomic mass is 10.1. The Balaban J connectivity index is 2.07. The zero-order chi connectivity index (χ0) is 21.1. The molecule has 0 fully saturated rings. The maximum Gasteiger partial charge on any atom is 0.332 e. The van der Waals surface area contributed by atoms with Crippen LogP contribution in [0.4, 0.5) is 0 Å². The minimum absolute atomic E-state index is 0.0319. The van der Waals surface area contributed by atoms with E-state index in [1.807, 2.05) is 58.0 Å². The van der Waals surface area contributed by atoms with Gasteiger partial charge in [0.05, 0.1) is 5.39 Å². The van der Waals surface area contributed by atoms with Gasteiger partial charge in [0.2, 0.25) is 5.91 Å². The Morgan fingerprint density at radius 1 is 1.14 bits per heavy atom. The molecule has 0 saturated carbocycles. The van der Waals surface area contributed by atoms with Crippen molar-refractivity contribution in [1.29, 1.82) is 0 Å². The van der Waals surface area contributed by atoms with Gasteiger partial charge in [-0.1, -0.05) is 37.3 Å². The van der Waals surface area contributed by atoms with E-state index in [9.17, 15) is 14.4 Å². The molecule has 154 valence electrons. The first-order chi connectivity index (χ1) is 13.8. The molecule has 3 rings (SSSR count). The summed E-state index contributed by atoms with van der Waals surface area (Å²) >= 11 is 1.39. The molecule has 0 radical (unpaired) electrons. The molecule has 0 aliphatic rings. The van der Waals surface area contributed by atoms with Gasteiger partial charge >= 0.3 is 5.69 Å². The van der Waals surface area contributed by atoms with Crippen LogP contribution in [-0.2, 0) is 24.3 Å². The summed E-state index contributed by atoms with van der Waals surface area (Å²) < 4.78 is 2.72.